The van der Waals surface area contributed by atoms with Gasteiger partial charge in [-0.15, -0.1) is 0 Å². The predicted octanol–water partition coefficient (Wildman–Crippen LogP) is 2.53. The molecule has 1 fully saturated rings. The number of anilines is 1. The molecule has 1 N–H and O–H groups in total. The lowest BCUT2D eigenvalue weighted by Gasteiger charge is -2.31. The van der Waals surface area contributed by atoms with Crippen molar-refractivity contribution < 1.29 is 13.2 Å². The van der Waals surface area contributed by atoms with Crippen molar-refractivity contribution in [1.82, 2.24) is 9.21 Å². The summed E-state index contributed by atoms with van der Waals surface area (Å²) in [5, 5.41) is 3.30. The van der Waals surface area contributed by atoms with Crippen LogP contribution >= 0.6 is 11.6 Å². The van der Waals surface area contributed by atoms with Gasteiger partial charge in [-0.2, -0.15) is 4.31 Å². The molecule has 6 nitrogen and oxygen atoms in total. The third-order valence-electron chi connectivity index (χ3n) is 4.32. The lowest BCUT2D eigenvalue weighted by molar-refractivity contribution is 0.102. The Morgan fingerprint density at radius 2 is 1.54 bits per heavy atom. The van der Waals surface area contributed by atoms with Crippen LogP contribution in [-0.4, -0.2) is 56.8 Å². The van der Waals surface area contributed by atoms with E-state index in [-0.39, 0.29) is 10.8 Å². The maximum absolute atomic E-state index is 12.7. The summed E-state index contributed by atoms with van der Waals surface area (Å²) in [4.78, 5) is 14.5. The van der Waals surface area contributed by atoms with E-state index in [0.29, 0.717) is 42.5 Å². The molecule has 1 heterocycles. The van der Waals surface area contributed by atoms with Crippen LogP contribution in [0.4, 0.5) is 5.69 Å². The molecule has 0 spiro atoms. The van der Waals surface area contributed by atoms with E-state index < -0.39 is 10.0 Å². The Labute approximate surface area is 158 Å². The highest BCUT2D eigenvalue weighted by atomic mass is 35.5. The molecule has 1 amide bonds. The van der Waals surface area contributed by atoms with Gasteiger partial charge in [0.05, 0.1) is 4.90 Å². The minimum absolute atomic E-state index is 0.228. The van der Waals surface area contributed by atoms with Crippen molar-refractivity contribution >= 4 is 33.2 Å². The Morgan fingerprint density at radius 1 is 0.962 bits per heavy atom. The van der Waals surface area contributed by atoms with Crippen molar-refractivity contribution in [3.05, 3.63) is 59.1 Å². The smallest absolute Gasteiger partial charge is 0.255 e. The molecule has 3 rings (SSSR count). The molecule has 1 aliphatic rings. The van der Waals surface area contributed by atoms with Crippen molar-refractivity contribution in [2.45, 2.75) is 4.90 Å². The Morgan fingerprint density at radius 3 is 2.12 bits per heavy atom. The van der Waals surface area contributed by atoms with Crippen LogP contribution in [-0.2, 0) is 10.0 Å². The fourth-order valence-electron chi connectivity index (χ4n) is 2.69. The molecule has 26 heavy (non-hydrogen) atoms. The van der Waals surface area contributed by atoms with E-state index in [2.05, 4.69) is 10.2 Å². The number of hydrogen-bond acceptors (Lipinski definition) is 4. The number of halogens is 1. The largest absolute Gasteiger partial charge is 0.322 e. The Balaban J connectivity index is 1.70. The molecule has 0 bridgehead atoms. The van der Waals surface area contributed by atoms with Crippen molar-refractivity contribution in [2.24, 2.45) is 0 Å². The zero-order chi connectivity index (χ0) is 18.7. The quantitative estimate of drug-likeness (QED) is 0.866. The maximum Gasteiger partial charge on any atom is 0.255 e. The van der Waals surface area contributed by atoms with Gasteiger partial charge in [0, 0.05) is 42.5 Å². The zero-order valence-corrected chi connectivity index (χ0v) is 15.9. The number of nitrogens with one attached hydrogen (secondary N) is 1. The van der Waals surface area contributed by atoms with Gasteiger partial charge < -0.3 is 10.2 Å². The van der Waals surface area contributed by atoms with Gasteiger partial charge in [0.25, 0.3) is 5.91 Å². The molecule has 2 aromatic rings. The number of sulfonamides is 1. The first-order valence-corrected chi connectivity index (χ1v) is 10.0. The van der Waals surface area contributed by atoms with Crippen LogP contribution in [0.25, 0.3) is 0 Å². The minimum atomic E-state index is -3.51. The summed E-state index contributed by atoms with van der Waals surface area (Å²) in [5.41, 5.74) is 1.01. The Bertz CT molecular complexity index is 875. The lowest BCUT2D eigenvalue weighted by Crippen LogP contribution is -2.46. The summed E-state index contributed by atoms with van der Waals surface area (Å²) in [6.07, 6.45) is 0. The van der Waals surface area contributed by atoms with E-state index in [0.717, 1.165) is 0 Å². The van der Waals surface area contributed by atoms with Crippen LogP contribution in [0.5, 0.6) is 0 Å². The fraction of sp³-hybridized carbons (Fsp3) is 0.278. The summed E-state index contributed by atoms with van der Waals surface area (Å²) in [6.45, 7) is 2.39. The van der Waals surface area contributed by atoms with Gasteiger partial charge in [-0.05, 0) is 55.6 Å². The number of amides is 1. The molecule has 0 unspecified atom stereocenters. The third-order valence-corrected chi connectivity index (χ3v) is 6.48. The Kier molecular flexibility index (Phi) is 5.62. The van der Waals surface area contributed by atoms with Crippen LogP contribution in [0.1, 0.15) is 10.4 Å². The number of nitrogens with zero attached hydrogens (tertiary/aromatic N) is 2. The van der Waals surface area contributed by atoms with Gasteiger partial charge in [-0.25, -0.2) is 8.42 Å². The fourth-order valence-corrected chi connectivity index (χ4v) is 4.24. The molecule has 0 aliphatic carbocycles. The zero-order valence-electron chi connectivity index (χ0n) is 14.4. The number of rotatable bonds is 4. The first kappa shape index (κ1) is 18.8. The second-order valence-electron chi connectivity index (χ2n) is 6.19. The molecule has 1 saturated heterocycles. The molecule has 138 valence electrons. The Hall–Kier alpha value is -1.93. The average Bonchev–Trinajstić information content (AvgIpc) is 2.63. The molecule has 0 radical (unpaired) electrons. The predicted molar refractivity (Wildman–Crippen MR) is 102 cm³/mol. The van der Waals surface area contributed by atoms with E-state index in [9.17, 15) is 13.2 Å². The second kappa shape index (κ2) is 7.75. The number of piperazine rings is 1. The van der Waals surface area contributed by atoms with Gasteiger partial charge in [0.1, 0.15) is 0 Å². The van der Waals surface area contributed by atoms with Crippen LogP contribution in [0, 0.1) is 0 Å². The number of hydrogen-bond donors (Lipinski definition) is 1. The summed E-state index contributed by atoms with van der Waals surface area (Å²) in [7, 11) is -1.53. The standard InChI is InChI=1S/C18H20ClN3O3S/c1-21-10-12-22(13-11-21)26(24,25)17-8-6-16(7-9-17)20-18(23)14-2-4-15(19)5-3-14/h2-9H,10-13H2,1H3,(H,20,23). The molecule has 1 aliphatic heterocycles. The molecule has 2 aromatic carbocycles. The highest BCUT2D eigenvalue weighted by Gasteiger charge is 2.27. The van der Waals surface area contributed by atoms with Gasteiger partial charge in [-0.3, -0.25) is 4.79 Å². The van der Waals surface area contributed by atoms with E-state index in [1.807, 2.05) is 7.05 Å². The van der Waals surface area contributed by atoms with Crippen molar-refractivity contribution in [1.29, 1.82) is 0 Å². The van der Waals surface area contributed by atoms with Gasteiger partial charge in [-0.1, -0.05) is 11.6 Å². The van der Waals surface area contributed by atoms with Crippen molar-refractivity contribution in [3.63, 3.8) is 0 Å². The summed E-state index contributed by atoms with van der Waals surface area (Å²) < 4.78 is 26.9. The number of carbonyl (C=O) groups is 1. The number of likely N-dealkylation sites (N-methyl/N-ethyl adjacent to an activating group) is 1. The molecular formula is C18H20ClN3O3S. The van der Waals surface area contributed by atoms with E-state index in [1.165, 1.54) is 16.4 Å². The minimum Gasteiger partial charge on any atom is -0.322 e. The highest BCUT2D eigenvalue weighted by Crippen LogP contribution is 2.20. The molecule has 0 saturated carbocycles. The lowest BCUT2D eigenvalue weighted by atomic mass is 10.2. The average molecular weight is 394 g/mol. The van der Waals surface area contributed by atoms with E-state index in [4.69, 9.17) is 11.6 Å². The normalized spacial score (nSPS) is 16.4. The SMILES string of the molecule is CN1CCN(S(=O)(=O)c2ccc(NC(=O)c3ccc(Cl)cc3)cc2)CC1. The summed E-state index contributed by atoms with van der Waals surface area (Å²) >= 11 is 5.81. The first-order chi connectivity index (χ1) is 12.4. The van der Waals surface area contributed by atoms with Gasteiger partial charge in [0.15, 0.2) is 0 Å². The molecule has 0 aromatic heterocycles. The summed E-state index contributed by atoms with van der Waals surface area (Å²) in [5.74, 6) is -0.281. The molecular weight excluding hydrogens is 374 g/mol. The van der Waals surface area contributed by atoms with Crippen molar-refractivity contribution in [2.75, 3.05) is 38.5 Å². The first-order valence-electron chi connectivity index (χ1n) is 8.22. The van der Waals surface area contributed by atoms with Crippen LogP contribution in [0.3, 0.4) is 0 Å². The van der Waals surface area contributed by atoms with Crippen LogP contribution in [0.2, 0.25) is 5.02 Å². The third kappa shape index (κ3) is 4.24. The second-order valence-corrected chi connectivity index (χ2v) is 8.57. The van der Waals surface area contributed by atoms with Crippen molar-refractivity contribution in [3.8, 4) is 0 Å². The molecule has 8 heteroatoms. The topological polar surface area (TPSA) is 69.7 Å². The number of benzene rings is 2. The number of carbonyl (C=O) groups excluding carboxylic acids is 1. The molecule has 0 atom stereocenters. The summed E-state index contributed by atoms with van der Waals surface area (Å²) in [6, 6.07) is 12.8. The van der Waals surface area contributed by atoms with E-state index >= 15 is 0 Å². The van der Waals surface area contributed by atoms with Gasteiger partial charge in [0.2, 0.25) is 10.0 Å². The maximum atomic E-state index is 12.7. The van der Waals surface area contributed by atoms with E-state index in [1.54, 1.807) is 36.4 Å². The van der Waals surface area contributed by atoms with Crippen LogP contribution < -0.4 is 5.32 Å². The van der Waals surface area contributed by atoms with Gasteiger partial charge >= 0.3 is 0 Å². The monoisotopic (exact) mass is 393 g/mol. The highest BCUT2D eigenvalue weighted by molar-refractivity contribution is 7.89. The van der Waals surface area contributed by atoms with Crippen LogP contribution in [0.15, 0.2) is 53.4 Å².